The monoisotopic (exact) mass is 514 g/mol. The number of ether oxygens (including phenoxy) is 4. The lowest BCUT2D eigenvalue weighted by atomic mass is 9.84. The quantitative estimate of drug-likeness (QED) is 0.244. The first kappa shape index (κ1) is 28.5. The Balaban J connectivity index is 2.38. The van der Waals surface area contributed by atoms with Crippen LogP contribution in [0, 0.1) is 5.41 Å². The van der Waals surface area contributed by atoms with E-state index in [0.717, 1.165) is 16.9 Å². The lowest BCUT2D eigenvalue weighted by molar-refractivity contribution is -0.171. The van der Waals surface area contributed by atoms with E-state index in [2.05, 4.69) is 33.9 Å². The van der Waals surface area contributed by atoms with Gasteiger partial charge in [-0.2, -0.15) is 0 Å². The van der Waals surface area contributed by atoms with E-state index in [1.54, 1.807) is 0 Å². The van der Waals surface area contributed by atoms with Gasteiger partial charge in [0.05, 0.1) is 19.8 Å². The van der Waals surface area contributed by atoms with Crippen molar-refractivity contribution < 1.29 is 38.1 Å². The molecule has 3 atom stereocenters. The summed E-state index contributed by atoms with van der Waals surface area (Å²) in [5.74, 6) is 0.545. The van der Waals surface area contributed by atoms with Crippen molar-refractivity contribution in [2.75, 3.05) is 20.3 Å². The highest BCUT2D eigenvalue weighted by Gasteiger charge is 2.53. The second kappa shape index (κ2) is 12.3. The highest BCUT2D eigenvalue weighted by atomic mass is 32.2. The molecule has 1 fully saturated rings. The maximum atomic E-state index is 12.6. The number of methoxy groups -OCH3 is 1. The van der Waals surface area contributed by atoms with Crippen LogP contribution in [0.1, 0.15) is 57.8 Å². The molecular weight excluding hydrogens is 476 g/mol. The molecule has 192 valence electrons. The summed E-state index contributed by atoms with van der Waals surface area (Å²) in [5, 5.41) is 9.32. The molecule has 2 rings (SSSR count). The molecule has 10 heteroatoms. The number of hydrogen-bond donors (Lipinski definition) is 1. The SMILES string of the molecule is CCOc1ccc(CSC(OC(=O)O)C2(C(=O)OC)CCCO2)cc1C(O[SiH](C)C)C(C)(C)C. The zero-order valence-electron chi connectivity index (χ0n) is 21.2. The first-order chi connectivity index (χ1) is 15.9. The Morgan fingerprint density at radius 2 is 2.00 bits per heavy atom. The molecule has 0 amide bonds. The first-order valence-electron chi connectivity index (χ1n) is 11.6. The Morgan fingerprint density at radius 3 is 2.50 bits per heavy atom. The molecule has 0 saturated carbocycles. The van der Waals surface area contributed by atoms with Crippen molar-refractivity contribution >= 4 is 32.9 Å². The number of esters is 1. The van der Waals surface area contributed by atoms with Gasteiger partial charge in [-0.15, -0.1) is 11.8 Å². The van der Waals surface area contributed by atoms with Gasteiger partial charge in [0.2, 0.25) is 5.60 Å². The number of rotatable bonds is 11. The Kier molecular flexibility index (Phi) is 10.3. The summed E-state index contributed by atoms with van der Waals surface area (Å²) in [6.07, 6.45) is -0.674. The lowest BCUT2D eigenvalue weighted by Crippen LogP contribution is -2.50. The predicted octanol–water partition coefficient (Wildman–Crippen LogP) is 5.15. The van der Waals surface area contributed by atoms with Crippen LogP contribution in [0.5, 0.6) is 5.75 Å². The van der Waals surface area contributed by atoms with Crippen LogP contribution in [0.3, 0.4) is 0 Å². The Hall–Kier alpha value is -1.75. The van der Waals surface area contributed by atoms with E-state index in [9.17, 15) is 14.7 Å². The second-order valence-corrected chi connectivity index (χ2v) is 13.0. The van der Waals surface area contributed by atoms with E-state index in [1.807, 2.05) is 25.1 Å². The summed E-state index contributed by atoms with van der Waals surface area (Å²) in [6.45, 7) is 13.5. The predicted molar refractivity (Wildman–Crippen MR) is 134 cm³/mol. The standard InChI is InChI=1S/C24H38O8SSi/c1-8-29-18-11-10-16(14-17(18)19(23(2,3)4)32-34(6)7)15-33-21(31-22(26)27)24(20(25)28-5)12-9-13-30-24/h10-11,14,19,21,34H,8-9,12-13,15H2,1-7H3,(H,26,27). The van der Waals surface area contributed by atoms with Gasteiger partial charge in [0.25, 0.3) is 0 Å². The highest BCUT2D eigenvalue weighted by Crippen LogP contribution is 2.43. The number of benzene rings is 1. The second-order valence-electron chi connectivity index (χ2n) is 9.60. The van der Waals surface area contributed by atoms with E-state index < -0.39 is 32.2 Å². The minimum absolute atomic E-state index is 0.156. The molecule has 0 aliphatic carbocycles. The topological polar surface area (TPSA) is 101 Å². The first-order valence-corrected chi connectivity index (χ1v) is 15.4. The molecule has 1 heterocycles. The van der Waals surface area contributed by atoms with E-state index in [0.29, 0.717) is 31.8 Å². The maximum Gasteiger partial charge on any atom is 0.507 e. The Morgan fingerprint density at radius 1 is 1.29 bits per heavy atom. The third-order valence-electron chi connectivity index (χ3n) is 5.42. The molecule has 1 aliphatic rings. The van der Waals surface area contributed by atoms with Crippen molar-refractivity contribution in [2.24, 2.45) is 5.41 Å². The number of carboxylic acid groups (broad SMARTS) is 1. The minimum Gasteiger partial charge on any atom is -0.493 e. The van der Waals surface area contributed by atoms with E-state index in [4.69, 9.17) is 23.4 Å². The minimum atomic E-state index is -1.47. The van der Waals surface area contributed by atoms with E-state index >= 15 is 0 Å². The number of carbonyl (C=O) groups excluding carboxylic acids is 1. The molecule has 1 aromatic rings. The summed E-state index contributed by atoms with van der Waals surface area (Å²) < 4.78 is 28.2. The largest absolute Gasteiger partial charge is 0.507 e. The van der Waals surface area contributed by atoms with Gasteiger partial charge in [-0.05, 0) is 56.0 Å². The Labute approximate surface area is 208 Å². The van der Waals surface area contributed by atoms with E-state index in [1.165, 1.54) is 18.9 Å². The van der Waals surface area contributed by atoms with Crippen molar-refractivity contribution in [2.45, 2.75) is 76.5 Å². The molecule has 0 aromatic heterocycles. The van der Waals surface area contributed by atoms with Gasteiger partial charge >= 0.3 is 12.1 Å². The normalized spacial score (nSPS) is 20.1. The van der Waals surface area contributed by atoms with Crippen LogP contribution in [0.15, 0.2) is 18.2 Å². The molecule has 1 N–H and O–H groups in total. The van der Waals surface area contributed by atoms with Gasteiger partial charge in [-0.25, -0.2) is 9.59 Å². The van der Waals surface area contributed by atoms with Crippen molar-refractivity contribution in [3.05, 3.63) is 29.3 Å². The smallest absolute Gasteiger partial charge is 0.493 e. The molecule has 3 unspecified atom stereocenters. The number of thioether (sulfide) groups is 1. The van der Waals surface area contributed by atoms with Crippen molar-refractivity contribution in [1.82, 2.24) is 0 Å². The van der Waals surface area contributed by atoms with Crippen molar-refractivity contribution in [3.63, 3.8) is 0 Å². The molecule has 1 aromatic carbocycles. The lowest BCUT2D eigenvalue weighted by Gasteiger charge is -2.34. The molecule has 8 nitrogen and oxygen atoms in total. The fourth-order valence-electron chi connectivity index (χ4n) is 4.00. The zero-order valence-corrected chi connectivity index (χ0v) is 23.2. The summed E-state index contributed by atoms with van der Waals surface area (Å²) in [4.78, 5) is 24.0. The molecule has 0 bridgehead atoms. The molecule has 34 heavy (non-hydrogen) atoms. The van der Waals surface area contributed by atoms with Crippen LogP contribution in [0.2, 0.25) is 13.1 Å². The zero-order chi connectivity index (χ0) is 25.5. The van der Waals surface area contributed by atoms with Gasteiger partial charge in [0, 0.05) is 17.9 Å². The van der Waals surface area contributed by atoms with Crippen LogP contribution >= 0.6 is 11.8 Å². The number of carbonyl (C=O) groups is 2. The van der Waals surface area contributed by atoms with Crippen LogP contribution in [0.4, 0.5) is 4.79 Å². The van der Waals surface area contributed by atoms with Gasteiger partial charge in [-0.3, -0.25) is 0 Å². The maximum absolute atomic E-state index is 12.6. The fraction of sp³-hybridized carbons (Fsp3) is 0.667. The van der Waals surface area contributed by atoms with Crippen LogP contribution in [-0.2, 0) is 29.2 Å². The van der Waals surface area contributed by atoms with Crippen molar-refractivity contribution in [1.29, 1.82) is 0 Å². The third-order valence-corrected chi connectivity index (χ3v) is 7.52. The van der Waals surface area contributed by atoms with Crippen LogP contribution < -0.4 is 4.74 Å². The highest BCUT2D eigenvalue weighted by molar-refractivity contribution is 7.99. The number of hydrogen-bond acceptors (Lipinski definition) is 8. The average molecular weight is 515 g/mol. The molecular formula is C24H38O8SSi. The molecule has 0 spiro atoms. The average Bonchev–Trinajstić information content (AvgIpc) is 3.25. The van der Waals surface area contributed by atoms with E-state index in [-0.39, 0.29) is 11.5 Å². The van der Waals surface area contributed by atoms with Crippen LogP contribution in [-0.4, -0.2) is 57.6 Å². The Bertz CT molecular complexity index is 833. The van der Waals surface area contributed by atoms with Gasteiger partial charge in [-0.1, -0.05) is 26.8 Å². The van der Waals surface area contributed by atoms with Gasteiger partial charge < -0.3 is 28.5 Å². The van der Waals surface area contributed by atoms with Gasteiger partial charge in [0.1, 0.15) is 5.75 Å². The summed E-state index contributed by atoms with van der Waals surface area (Å²) >= 11 is 1.20. The molecule has 1 aliphatic heterocycles. The fourth-order valence-corrected chi connectivity index (χ4v) is 6.32. The molecule has 0 radical (unpaired) electrons. The summed E-state index contributed by atoms with van der Waals surface area (Å²) in [7, 11) is -0.0953. The third kappa shape index (κ3) is 7.13. The van der Waals surface area contributed by atoms with Crippen molar-refractivity contribution in [3.8, 4) is 5.75 Å². The summed E-state index contributed by atoms with van der Waals surface area (Å²) in [6, 6.07) is 5.91. The van der Waals surface area contributed by atoms with Gasteiger partial charge in [0.15, 0.2) is 14.5 Å². The van der Waals surface area contributed by atoms with Crippen LogP contribution in [0.25, 0.3) is 0 Å². The molecule has 1 saturated heterocycles. The summed E-state index contributed by atoms with van der Waals surface area (Å²) in [5.41, 5.74) is -0.775.